The second-order valence-electron chi connectivity index (χ2n) is 6.19. The van der Waals surface area contributed by atoms with Gasteiger partial charge in [-0.3, -0.25) is 19.8 Å². The molecule has 0 aliphatic carbocycles. The summed E-state index contributed by atoms with van der Waals surface area (Å²) in [4.78, 5) is 25.4. The van der Waals surface area contributed by atoms with Gasteiger partial charge in [-0.15, -0.1) is 0 Å². The fourth-order valence-electron chi connectivity index (χ4n) is 3.30. The number of hydrogen-bond acceptors (Lipinski definition) is 5. The molecule has 1 aliphatic heterocycles. The zero-order valence-electron chi connectivity index (χ0n) is 14.1. The van der Waals surface area contributed by atoms with Crippen LogP contribution >= 0.6 is 0 Å². The maximum atomic E-state index is 12.5. The molecule has 1 amide bonds. The summed E-state index contributed by atoms with van der Waals surface area (Å²) in [7, 11) is 0. The third-order valence-corrected chi connectivity index (χ3v) is 4.66. The van der Waals surface area contributed by atoms with E-state index in [-0.39, 0.29) is 17.6 Å². The number of likely N-dealkylation sites (tertiary alicyclic amines) is 1. The predicted octanol–water partition coefficient (Wildman–Crippen LogP) is 3.06. The third-order valence-electron chi connectivity index (χ3n) is 4.66. The van der Waals surface area contributed by atoms with Crippen LogP contribution in [0.4, 0.5) is 5.69 Å². The molecule has 7 heteroatoms. The highest BCUT2D eigenvalue weighted by molar-refractivity contribution is 5.96. The molecular formula is C18H21N3O4. The number of furan rings is 1. The molecule has 7 nitrogen and oxygen atoms in total. The van der Waals surface area contributed by atoms with Crippen molar-refractivity contribution in [1.29, 1.82) is 0 Å². The number of benzene rings is 1. The molecule has 25 heavy (non-hydrogen) atoms. The van der Waals surface area contributed by atoms with Crippen molar-refractivity contribution in [3.05, 3.63) is 63.6 Å². The minimum absolute atomic E-state index is 0.0274. The van der Waals surface area contributed by atoms with Crippen molar-refractivity contribution in [1.82, 2.24) is 10.2 Å². The Morgan fingerprint density at radius 1 is 1.32 bits per heavy atom. The van der Waals surface area contributed by atoms with E-state index < -0.39 is 4.92 Å². The maximum Gasteiger partial charge on any atom is 0.273 e. The van der Waals surface area contributed by atoms with E-state index in [9.17, 15) is 14.9 Å². The minimum Gasteiger partial charge on any atom is -0.468 e. The molecule has 1 fully saturated rings. The van der Waals surface area contributed by atoms with Gasteiger partial charge < -0.3 is 9.73 Å². The number of rotatable bonds is 6. The lowest BCUT2D eigenvalue weighted by Crippen LogP contribution is -2.36. The van der Waals surface area contributed by atoms with Crippen LogP contribution in [0, 0.1) is 17.0 Å². The molecule has 1 aliphatic rings. The number of amides is 1. The number of nitrogens with zero attached hydrogens (tertiary/aromatic N) is 2. The molecule has 0 saturated carbocycles. The third kappa shape index (κ3) is 3.71. The van der Waals surface area contributed by atoms with E-state index in [4.69, 9.17) is 4.42 Å². The van der Waals surface area contributed by atoms with Crippen molar-refractivity contribution in [2.24, 2.45) is 0 Å². The van der Waals surface area contributed by atoms with Gasteiger partial charge in [0, 0.05) is 23.7 Å². The summed E-state index contributed by atoms with van der Waals surface area (Å²) in [6.45, 7) is 3.93. The average Bonchev–Trinajstić information content (AvgIpc) is 3.29. The molecule has 132 valence electrons. The Balaban J connectivity index is 1.74. The summed E-state index contributed by atoms with van der Waals surface area (Å²) < 4.78 is 5.54. The topological polar surface area (TPSA) is 88.6 Å². The van der Waals surface area contributed by atoms with Crippen LogP contribution in [0.5, 0.6) is 0 Å². The van der Waals surface area contributed by atoms with E-state index in [0.717, 1.165) is 31.7 Å². The van der Waals surface area contributed by atoms with E-state index in [1.54, 1.807) is 19.3 Å². The van der Waals surface area contributed by atoms with E-state index in [1.165, 1.54) is 12.1 Å². The zero-order chi connectivity index (χ0) is 17.8. The Bertz CT molecular complexity index is 752. The smallest absolute Gasteiger partial charge is 0.273 e. The number of nitro groups is 1. The first-order valence-electron chi connectivity index (χ1n) is 8.37. The van der Waals surface area contributed by atoms with Crippen molar-refractivity contribution >= 4 is 11.6 Å². The number of nitro benzene ring substituents is 1. The van der Waals surface area contributed by atoms with Crippen LogP contribution < -0.4 is 5.32 Å². The van der Waals surface area contributed by atoms with Crippen LogP contribution in [0.2, 0.25) is 0 Å². The highest BCUT2D eigenvalue weighted by Gasteiger charge is 2.26. The largest absolute Gasteiger partial charge is 0.468 e. The van der Waals surface area contributed by atoms with Crippen molar-refractivity contribution in [3.63, 3.8) is 0 Å². The summed E-state index contributed by atoms with van der Waals surface area (Å²) in [6, 6.07) is 8.26. The van der Waals surface area contributed by atoms with Gasteiger partial charge in [0.1, 0.15) is 5.76 Å². The van der Waals surface area contributed by atoms with E-state index in [2.05, 4.69) is 10.2 Å². The van der Waals surface area contributed by atoms with Crippen LogP contribution in [-0.2, 0) is 0 Å². The number of carbonyl (C=O) groups excluding carboxylic acids is 1. The SMILES string of the molecule is Cc1c(C(=O)NCC(c2ccco2)N2CCCC2)cccc1[N+](=O)[O-]. The Labute approximate surface area is 145 Å². The molecule has 0 spiro atoms. The first-order chi connectivity index (χ1) is 12.1. The molecule has 1 atom stereocenters. The molecule has 1 aromatic carbocycles. The lowest BCUT2D eigenvalue weighted by molar-refractivity contribution is -0.385. The molecule has 3 rings (SSSR count). The van der Waals surface area contributed by atoms with Crippen LogP contribution in [0.3, 0.4) is 0 Å². The molecular weight excluding hydrogens is 322 g/mol. The fourth-order valence-corrected chi connectivity index (χ4v) is 3.30. The molecule has 1 unspecified atom stereocenters. The Kier molecular flexibility index (Phi) is 5.14. The first-order valence-corrected chi connectivity index (χ1v) is 8.37. The molecule has 0 radical (unpaired) electrons. The summed E-state index contributed by atoms with van der Waals surface area (Å²) in [5, 5.41) is 14.0. The van der Waals surface area contributed by atoms with Crippen LogP contribution in [0.15, 0.2) is 41.0 Å². The summed E-state index contributed by atoms with van der Waals surface area (Å²) >= 11 is 0. The lowest BCUT2D eigenvalue weighted by Gasteiger charge is -2.26. The fraction of sp³-hybridized carbons (Fsp3) is 0.389. The van der Waals surface area contributed by atoms with Gasteiger partial charge in [-0.25, -0.2) is 0 Å². The number of nitrogens with one attached hydrogen (secondary N) is 1. The first kappa shape index (κ1) is 17.2. The van der Waals surface area contributed by atoms with Crippen LogP contribution in [0.1, 0.15) is 40.6 Å². The van der Waals surface area contributed by atoms with E-state index in [1.807, 2.05) is 12.1 Å². The standard InChI is InChI=1S/C18H21N3O4/c1-13-14(6-4-7-15(13)21(23)24)18(22)19-12-16(17-8-5-11-25-17)20-9-2-3-10-20/h4-8,11,16H,2-3,9-10,12H2,1H3,(H,19,22). The Hall–Kier alpha value is -2.67. The summed E-state index contributed by atoms with van der Waals surface area (Å²) in [6.07, 6.45) is 3.90. The normalized spacial score (nSPS) is 15.9. The summed E-state index contributed by atoms with van der Waals surface area (Å²) in [5.41, 5.74) is 0.657. The Morgan fingerprint density at radius 3 is 2.72 bits per heavy atom. The monoisotopic (exact) mass is 343 g/mol. The van der Waals surface area contributed by atoms with Gasteiger partial charge in [0.15, 0.2) is 0 Å². The van der Waals surface area contributed by atoms with Gasteiger partial charge in [0.05, 0.1) is 17.2 Å². The molecule has 0 bridgehead atoms. The van der Waals surface area contributed by atoms with Gasteiger partial charge in [-0.2, -0.15) is 0 Å². The van der Waals surface area contributed by atoms with Crippen LogP contribution in [-0.4, -0.2) is 35.4 Å². The van der Waals surface area contributed by atoms with Crippen molar-refractivity contribution < 1.29 is 14.1 Å². The number of hydrogen-bond donors (Lipinski definition) is 1. The predicted molar refractivity (Wildman–Crippen MR) is 92.4 cm³/mol. The second-order valence-corrected chi connectivity index (χ2v) is 6.19. The van der Waals surface area contributed by atoms with Gasteiger partial charge in [0.2, 0.25) is 0 Å². The second kappa shape index (κ2) is 7.48. The van der Waals surface area contributed by atoms with Gasteiger partial charge >= 0.3 is 0 Å². The van der Waals surface area contributed by atoms with Gasteiger partial charge in [-0.05, 0) is 51.1 Å². The molecule has 2 aromatic rings. The maximum absolute atomic E-state index is 12.5. The quantitative estimate of drug-likeness (QED) is 0.643. The zero-order valence-corrected chi connectivity index (χ0v) is 14.1. The minimum atomic E-state index is -0.470. The lowest BCUT2D eigenvalue weighted by atomic mass is 10.1. The van der Waals surface area contributed by atoms with E-state index in [0.29, 0.717) is 17.7 Å². The average molecular weight is 343 g/mol. The molecule has 2 heterocycles. The van der Waals surface area contributed by atoms with E-state index >= 15 is 0 Å². The van der Waals surface area contributed by atoms with Gasteiger partial charge in [0.25, 0.3) is 11.6 Å². The van der Waals surface area contributed by atoms with Gasteiger partial charge in [-0.1, -0.05) is 6.07 Å². The van der Waals surface area contributed by atoms with Crippen molar-refractivity contribution in [2.75, 3.05) is 19.6 Å². The van der Waals surface area contributed by atoms with Crippen LogP contribution in [0.25, 0.3) is 0 Å². The number of carbonyl (C=O) groups is 1. The Morgan fingerprint density at radius 2 is 2.08 bits per heavy atom. The summed E-state index contributed by atoms with van der Waals surface area (Å²) in [5.74, 6) is 0.509. The molecule has 1 aromatic heterocycles. The highest BCUT2D eigenvalue weighted by atomic mass is 16.6. The van der Waals surface area contributed by atoms with Crippen molar-refractivity contribution in [3.8, 4) is 0 Å². The molecule has 1 saturated heterocycles. The molecule has 1 N–H and O–H groups in total. The highest BCUT2D eigenvalue weighted by Crippen LogP contribution is 2.25. The van der Waals surface area contributed by atoms with Crippen molar-refractivity contribution in [2.45, 2.75) is 25.8 Å².